The van der Waals surface area contributed by atoms with Gasteiger partial charge in [-0.3, -0.25) is 4.79 Å². The second-order valence-electron chi connectivity index (χ2n) is 4.47. The number of hydrogen-bond acceptors (Lipinski definition) is 6. The van der Waals surface area contributed by atoms with Gasteiger partial charge in [0.1, 0.15) is 5.92 Å². The summed E-state index contributed by atoms with van der Waals surface area (Å²) in [5, 5.41) is 27.0. The molecule has 1 aromatic heterocycles. The normalized spacial score (nSPS) is 12.7. The third kappa shape index (κ3) is 3.50. The molecule has 110 valence electrons. The molecule has 2 rings (SSSR count). The number of benzene rings is 1. The Morgan fingerprint density at radius 3 is 2.62 bits per heavy atom. The minimum absolute atomic E-state index is 0.421. The lowest BCUT2D eigenvalue weighted by Crippen LogP contribution is -2.15. The van der Waals surface area contributed by atoms with E-state index in [0.29, 0.717) is 16.4 Å². The number of thiazole rings is 1. The van der Waals surface area contributed by atoms with Crippen LogP contribution < -0.4 is 0 Å². The third-order valence-electron chi connectivity index (χ3n) is 3.05. The van der Waals surface area contributed by atoms with Crippen molar-refractivity contribution >= 4 is 28.1 Å². The molecule has 6 nitrogen and oxygen atoms in total. The van der Waals surface area contributed by atoms with E-state index in [-0.39, 0.29) is 0 Å². The predicted octanol–water partition coefficient (Wildman–Crippen LogP) is 3.34. The van der Waals surface area contributed by atoms with Gasteiger partial charge in [0.25, 0.3) is 0 Å². The van der Waals surface area contributed by atoms with E-state index >= 15 is 0 Å². The van der Waals surface area contributed by atoms with Gasteiger partial charge in [-0.05, 0) is 25.5 Å². The Hall–Kier alpha value is -2.12. The van der Waals surface area contributed by atoms with Crippen LogP contribution in [0.2, 0.25) is 0 Å². The lowest BCUT2D eigenvalue weighted by Gasteiger charge is -2.11. The van der Waals surface area contributed by atoms with Crippen molar-refractivity contribution in [2.45, 2.75) is 19.8 Å². The highest BCUT2D eigenvalue weighted by Gasteiger charge is 2.21. The van der Waals surface area contributed by atoms with Gasteiger partial charge < -0.3 is 10.2 Å². The predicted molar refractivity (Wildman–Crippen MR) is 79.7 cm³/mol. The molecule has 1 atom stereocenters. The first-order chi connectivity index (χ1) is 10.0. The molecule has 1 aromatic carbocycles. The molecule has 1 heterocycles. The van der Waals surface area contributed by atoms with Crippen LogP contribution in [-0.2, 0) is 4.79 Å². The first-order valence-electron chi connectivity index (χ1n) is 6.31. The van der Waals surface area contributed by atoms with Gasteiger partial charge in [0.15, 0.2) is 0 Å². The molecule has 21 heavy (non-hydrogen) atoms. The molecule has 0 spiro atoms. The van der Waals surface area contributed by atoms with E-state index in [0.717, 1.165) is 10.6 Å². The maximum Gasteiger partial charge on any atom is 0.313 e. The van der Waals surface area contributed by atoms with Crippen LogP contribution in [0.5, 0.6) is 0 Å². The fourth-order valence-electron chi connectivity index (χ4n) is 1.78. The Balaban J connectivity index is 2.34. The first-order valence-corrected chi connectivity index (χ1v) is 7.13. The zero-order chi connectivity index (χ0) is 15.4. The Labute approximate surface area is 125 Å². The van der Waals surface area contributed by atoms with Gasteiger partial charge in [0.2, 0.25) is 5.13 Å². The minimum Gasteiger partial charge on any atom is -0.481 e. The van der Waals surface area contributed by atoms with Gasteiger partial charge in [-0.2, -0.15) is 0 Å². The Morgan fingerprint density at radius 1 is 1.33 bits per heavy atom. The van der Waals surface area contributed by atoms with Crippen molar-refractivity contribution in [1.82, 2.24) is 4.98 Å². The average molecular weight is 305 g/mol. The number of aryl methyl sites for hydroxylation is 2. The van der Waals surface area contributed by atoms with Crippen molar-refractivity contribution in [3.63, 3.8) is 0 Å². The molecule has 1 unspecified atom stereocenters. The van der Waals surface area contributed by atoms with E-state index in [1.54, 1.807) is 24.3 Å². The molecule has 0 aliphatic rings. The fraction of sp³-hybridized carbons (Fsp3) is 0.286. The van der Waals surface area contributed by atoms with E-state index in [4.69, 9.17) is 5.11 Å². The van der Waals surface area contributed by atoms with Gasteiger partial charge in [0, 0.05) is 4.88 Å². The van der Waals surface area contributed by atoms with Crippen LogP contribution in [-0.4, -0.2) is 27.8 Å². The molecule has 0 amide bonds. The summed E-state index contributed by atoms with van der Waals surface area (Å²) in [5.74, 6) is -2.11. The van der Waals surface area contributed by atoms with Crippen molar-refractivity contribution in [2.24, 2.45) is 10.2 Å². The Morgan fingerprint density at radius 2 is 2.05 bits per heavy atom. The number of hydrogen-bond donors (Lipinski definition) is 2. The van der Waals surface area contributed by atoms with Crippen molar-refractivity contribution in [2.75, 3.05) is 6.61 Å². The highest BCUT2D eigenvalue weighted by molar-refractivity contribution is 7.15. The maximum absolute atomic E-state index is 11.2. The Kier molecular flexibility index (Phi) is 4.77. The number of carboxylic acids is 1. The summed E-state index contributed by atoms with van der Waals surface area (Å²) >= 11 is 1.42. The summed E-state index contributed by atoms with van der Waals surface area (Å²) in [7, 11) is 0. The molecule has 2 N–H and O–H groups in total. The molecule has 0 aliphatic carbocycles. The van der Waals surface area contributed by atoms with Crippen LogP contribution in [0, 0.1) is 13.8 Å². The van der Waals surface area contributed by atoms with Crippen LogP contribution in [0.3, 0.4) is 0 Å². The SMILES string of the molecule is Cc1nc(N=Nc2ccccc2C(CO)C(=O)O)sc1C. The van der Waals surface area contributed by atoms with Crippen LogP contribution in [0.1, 0.15) is 22.1 Å². The molecule has 7 heteroatoms. The topological polar surface area (TPSA) is 95.1 Å². The number of aliphatic carboxylic acids is 1. The number of aliphatic hydroxyl groups excluding tert-OH is 1. The number of aliphatic hydroxyl groups is 1. The number of azo groups is 1. The van der Waals surface area contributed by atoms with E-state index in [1.807, 2.05) is 13.8 Å². The van der Waals surface area contributed by atoms with E-state index in [9.17, 15) is 9.90 Å². The summed E-state index contributed by atoms with van der Waals surface area (Å²) in [5.41, 5.74) is 1.76. The monoisotopic (exact) mass is 305 g/mol. The largest absolute Gasteiger partial charge is 0.481 e. The molecule has 2 aromatic rings. The fourth-order valence-corrected chi connectivity index (χ4v) is 2.51. The zero-order valence-electron chi connectivity index (χ0n) is 11.6. The molecule has 0 saturated carbocycles. The van der Waals surface area contributed by atoms with Gasteiger partial charge in [-0.15, -0.1) is 10.2 Å². The molecular weight excluding hydrogens is 290 g/mol. The molecule has 0 bridgehead atoms. The van der Waals surface area contributed by atoms with Gasteiger partial charge in [0.05, 0.1) is 18.0 Å². The van der Waals surface area contributed by atoms with Crippen LogP contribution in [0.15, 0.2) is 34.5 Å². The molecule has 0 fully saturated rings. The van der Waals surface area contributed by atoms with Gasteiger partial charge in [-0.25, -0.2) is 4.98 Å². The highest BCUT2D eigenvalue weighted by atomic mass is 32.1. The molecular formula is C14H15N3O3S. The van der Waals surface area contributed by atoms with Crippen molar-refractivity contribution in [3.8, 4) is 0 Å². The lowest BCUT2D eigenvalue weighted by atomic mass is 9.98. The van der Waals surface area contributed by atoms with Crippen LogP contribution >= 0.6 is 11.3 Å². The second kappa shape index (κ2) is 6.55. The summed E-state index contributed by atoms with van der Waals surface area (Å²) in [6, 6.07) is 6.74. The highest BCUT2D eigenvalue weighted by Crippen LogP contribution is 2.30. The summed E-state index contributed by atoms with van der Waals surface area (Å²) < 4.78 is 0. The number of aromatic nitrogens is 1. The zero-order valence-corrected chi connectivity index (χ0v) is 12.5. The summed E-state index contributed by atoms with van der Waals surface area (Å²) in [6.45, 7) is 3.36. The lowest BCUT2D eigenvalue weighted by molar-refractivity contribution is -0.139. The standard InChI is InChI=1S/C14H15N3O3S/c1-8-9(2)21-14(15-8)17-16-12-6-4-3-5-10(12)11(7-18)13(19)20/h3-6,11,18H,7H2,1-2H3,(H,19,20). The minimum atomic E-state index is -1.10. The Bertz CT molecular complexity index is 662. The second-order valence-corrected chi connectivity index (χ2v) is 5.65. The number of carbonyl (C=O) groups is 1. The van der Waals surface area contributed by atoms with E-state index < -0.39 is 18.5 Å². The quantitative estimate of drug-likeness (QED) is 0.828. The van der Waals surface area contributed by atoms with Crippen LogP contribution in [0.4, 0.5) is 10.8 Å². The average Bonchev–Trinajstić information content (AvgIpc) is 2.77. The number of nitrogens with zero attached hydrogens (tertiary/aromatic N) is 3. The van der Waals surface area contributed by atoms with E-state index in [2.05, 4.69) is 15.2 Å². The van der Waals surface area contributed by atoms with Crippen molar-refractivity contribution in [3.05, 3.63) is 40.4 Å². The van der Waals surface area contributed by atoms with Crippen LogP contribution in [0.25, 0.3) is 0 Å². The molecule has 0 radical (unpaired) electrons. The van der Waals surface area contributed by atoms with Crippen molar-refractivity contribution < 1.29 is 15.0 Å². The third-order valence-corrected chi connectivity index (χ3v) is 4.01. The maximum atomic E-state index is 11.2. The van der Waals surface area contributed by atoms with Gasteiger partial charge in [-0.1, -0.05) is 29.5 Å². The van der Waals surface area contributed by atoms with Gasteiger partial charge >= 0.3 is 5.97 Å². The number of carboxylic acid groups (broad SMARTS) is 1. The van der Waals surface area contributed by atoms with E-state index in [1.165, 1.54) is 11.3 Å². The molecule has 0 saturated heterocycles. The smallest absolute Gasteiger partial charge is 0.313 e. The summed E-state index contributed by atoms with van der Waals surface area (Å²) in [4.78, 5) is 16.5. The summed E-state index contributed by atoms with van der Waals surface area (Å²) in [6.07, 6.45) is 0. The number of rotatable bonds is 5. The molecule has 0 aliphatic heterocycles. The van der Waals surface area contributed by atoms with Crippen molar-refractivity contribution in [1.29, 1.82) is 0 Å². The first kappa shape index (κ1) is 15.3.